The normalized spacial score (nSPS) is 13.9. The van der Waals surface area contributed by atoms with Gasteiger partial charge in [-0.2, -0.15) is 0 Å². The maximum absolute atomic E-state index is 5.56. The Morgan fingerprint density at radius 1 is 0.939 bits per heavy atom. The van der Waals surface area contributed by atoms with Crippen molar-refractivity contribution in [3.8, 4) is 17.2 Å². The molecule has 0 saturated heterocycles. The summed E-state index contributed by atoms with van der Waals surface area (Å²) in [4.78, 5) is 0. The zero-order chi connectivity index (χ0) is 23.6. The smallest absolute Gasteiger partial charge is 0.203 e. The van der Waals surface area contributed by atoms with Crippen LogP contribution in [-0.4, -0.2) is 21.3 Å². The summed E-state index contributed by atoms with van der Waals surface area (Å²) in [6.07, 6.45) is 13.3. The second kappa shape index (κ2) is 12.2. The third-order valence-corrected chi connectivity index (χ3v) is 6.26. The molecular weight excluding hydrogens is 408 g/mol. The average Bonchev–Trinajstić information content (AvgIpc) is 2.86. The van der Waals surface area contributed by atoms with Crippen molar-refractivity contribution >= 4 is 5.57 Å². The molecule has 1 aliphatic carbocycles. The van der Waals surface area contributed by atoms with Crippen LogP contribution in [0.15, 0.2) is 84.0 Å². The fourth-order valence-corrected chi connectivity index (χ4v) is 4.35. The van der Waals surface area contributed by atoms with Crippen LogP contribution in [0.2, 0.25) is 0 Å². The highest BCUT2D eigenvalue weighted by Crippen LogP contribution is 2.43. The van der Waals surface area contributed by atoms with Gasteiger partial charge in [0.25, 0.3) is 0 Å². The molecule has 0 amide bonds. The van der Waals surface area contributed by atoms with E-state index in [1.165, 1.54) is 29.6 Å². The first-order chi connectivity index (χ1) is 16.1. The van der Waals surface area contributed by atoms with Crippen LogP contribution in [0.25, 0.3) is 5.57 Å². The second-order valence-electron chi connectivity index (χ2n) is 8.29. The molecule has 3 nitrogen and oxygen atoms in total. The summed E-state index contributed by atoms with van der Waals surface area (Å²) in [5.74, 6) is 1.92. The predicted molar refractivity (Wildman–Crippen MR) is 138 cm³/mol. The molecule has 174 valence electrons. The molecule has 0 atom stereocenters. The van der Waals surface area contributed by atoms with E-state index in [4.69, 9.17) is 14.2 Å². The van der Waals surface area contributed by atoms with Gasteiger partial charge in [0.1, 0.15) is 0 Å². The number of allylic oxidation sites excluding steroid dienone is 7. The van der Waals surface area contributed by atoms with E-state index in [9.17, 15) is 0 Å². The van der Waals surface area contributed by atoms with Gasteiger partial charge in [0.2, 0.25) is 5.75 Å². The zero-order valence-corrected chi connectivity index (χ0v) is 20.4. The lowest BCUT2D eigenvalue weighted by molar-refractivity contribution is 0.324. The summed E-state index contributed by atoms with van der Waals surface area (Å²) in [5.41, 5.74) is 7.43. The molecule has 0 bridgehead atoms. The number of benzene rings is 2. The summed E-state index contributed by atoms with van der Waals surface area (Å²) in [6, 6.07) is 14.7. The molecule has 1 aliphatic rings. The van der Waals surface area contributed by atoms with Gasteiger partial charge in [-0.3, -0.25) is 0 Å². The molecule has 0 aliphatic heterocycles. The highest BCUT2D eigenvalue weighted by molar-refractivity contribution is 5.86. The molecular formula is C30H36O3. The minimum Gasteiger partial charge on any atom is -0.493 e. The van der Waals surface area contributed by atoms with Crippen LogP contribution in [0, 0.1) is 0 Å². The molecule has 0 heterocycles. The van der Waals surface area contributed by atoms with Gasteiger partial charge in [-0.15, -0.1) is 0 Å². The first-order valence-corrected chi connectivity index (χ1v) is 11.7. The average molecular weight is 445 g/mol. The number of hydrogen-bond donors (Lipinski definition) is 0. The van der Waals surface area contributed by atoms with E-state index in [0.29, 0.717) is 17.2 Å². The van der Waals surface area contributed by atoms with Crippen molar-refractivity contribution in [2.75, 3.05) is 21.3 Å². The van der Waals surface area contributed by atoms with Crippen molar-refractivity contribution in [3.05, 3.63) is 95.1 Å². The van der Waals surface area contributed by atoms with Crippen molar-refractivity contribution in [2.24, 2.45) is 0 Å². The monoisotopic (exact) mass is 444 g/mol. The standard InChI is InChI=1S/C30H36O3/c1-6-23(13-10-11-16-24-14-8-7-9-15-24)19-25-17-12-18-27(22(25)2)26-20-28(31-3)30(33-5)29(21-26)32-4/h6-9,14-15,17-18,20-21H,2,10-13,16,19H2,1,3-5H3. The van der Waals surface area contributed by atoms with Gasteiger partial charge in [0.15, 0.2) is 11.5 Å². The fourth-order valence-electron chi connectivity index (χ4n) is 4.35. The van der Waals surface area contributed by atoms with E-state index >= 15 is 0 Å². The molecule has 0 unspecified atom stereocenters. The van der Waals surface area contributed by atoms with Gasteiger partial charge in [-0.05, 0) is 85.4 Å². The van der Waals surface area contributed by atoms with Crippen LogP contribution in [0.3, 0.4) is 0 Å². The van der Waals surface area contributed by atoms with Crippen LogP contribution in [0.1, 0.15) is 50.2 Å². The Labute approximate surface area is 199 Å². The van der Waals surface area contributed by atoms with Gasteiger partial charge in [0.05, 0.1) is 21.3 Å². The van der Waals surface area contributed by atoms with Gasteiger partial charge in [-0.1, -0.05) is 60.7 Å². The highest BCUT2D eigenvalue weighted by atomic mass is 16.5. The first kappa shape index (κ1) is 24.4. The second-order valence-corrected chi connectivity index (χ2v) is 8.29. The summed E-state index contributed by atoms with van der Waals surface area (Å²) in [5, 5.41) is 0. The van der Waals surface area contributed by atoms with Gasteiger partial charge in [-0.25, -0.2) is 0 Å². The van der Waals surface area contributed by atoms with E-state index in [1.807, 2.05) is 12.1 Å². The van der Waals surface area contributed by atoms with Crippen LogP contribution in [0.4, 0.5) is 0 Å². The van der Waals surface area contributed by atoms with Crippen molar-refractivity contribution in [1.29, 1.82) is 0 Å². The molecule has 0 saturated carbocycles. The largest absolute Gasteiger partial charge is 0.493 e. The molecule has 2 aromatic carbocycles. The fraction of sp³-hybridized carbons (Fsp3) is 0.333. The van der Waals surface area contributed by atoms with Crippen LogP contribution in [0.5, 0.6) is 17.2 Å². The first-order valence-electron chi connectivity index (χ1n) is 11.7. The van der Waals surface area contributed by atoms with Gasteiger partial charge < -0.3 is 14.2 Å². The molecule has 2 aromatic rings. The van der Waals surface area contributed by atoms with E-state index < -0.39 is 0 Å². The van der Waals surface area contributed by atoms with E-state index in [2.05, 4.69) is 62.1 Å². The number of unbranched alkanes of at least 4 members (excludes halogenated alkanes) is 1. The summed E-state index contributed by atoms with van der Waals surface area (Å²) in [6.45, 7) is 6.60. The van der Waals surface area contributed by atoms with Crippen molar-refractivity contribution in [2.45, 2.75) is 45.4 Å². The predicted octanol–water partition coefficient (Wildman–Crippen LogP) is 7.73. The molecule has 3 heteroatoms. The van der Waals surface area contributed by atoms with Crippen molar-refractivity contribution < 1.29 is 14.2 Å². The number of ether oxygens (including phenoxy) is 3. The maximum Gasteiger partial charge on any atom is 0.203 e. The number of aryl methyl sites for hydroxylation is 1. The quantitative estimate of drug-likeness (QED) is 0.262. The highest BCUT2D eigenvalue weighted by Gasteiger charge is 2.20. The van der Waals surface area contributed by atoms with Gasteiger partial charge >= 0.3 is 0 Å². The molecule has 3 rings (SSSR count). The topological polar surface area (TPSA) is 27.7 Å². The van der Waals surface area contributed by atoms with Crippen LogP contribution < -0.4 is 14.2 Å². The molecule has 0 N–H and O–H groups in total. The third kappa shape index (κ3) is 6.19. The Morgan fingerprint density at radius 2 is 1.64 bits per heavy atom. The molecule has 0 spiro atoms. The number of rotatable bonds is 11. The summed E-state index contributed by atoms with van der Waals surface area (Å²) < 4.78 is 16.6. The zero-order valence-electron chi connectivity index (χ0n) is 20.4. The maximum atomic E-state index is 5.56. The Morgan fingerprint density at radius 3 is 2.24 bits per heavy atom. The third-order valence-electron chi connectivity index (χ3n) is 6.26. The summed E-state index contributed by atoms with van der Waals surface area (Å²) >= 11 is 0. The van der Waals surface area contributed by atoms with E-state index in [-0.39, 0.29) is 0 Å². The van der Waals surface area contributed by atoms with Crippen molar-refractivity contribution in [1.82, 2.24) is 0 Å². The molecule has 0 radical (unpaired) electrons. The lowest BCUT2D eigenvalue weighted by Crippen LogP contribution is -2.02. The van der Waals surface area contributed by atoms with E-state index in [0.717, 1.165) is 42.4 Å². The Kier molecular flexibility index (Phi) is 9.00. The summed E-state index contributed by atoms with van der Waals surface area (Å²) in [7, 11) is 4.91. The number of methoxy groups -OCH3 is 3. The van der Waals surface area contributed by atoms with Gasteiger partial charge in [0, 0.05) is 0 Å². The Hall–Kier alpha value is -3.20. The lowest BCUT2D eigenvalue weighted by Gasteiger charge is -2.22. The lowest BCUT2D eigenvalue weighted by atomic mass is 9.84. The van der Waals surface area contributed by atoms with Crippen LogP contribution >= 0.6 is 0 Å². The molecule has 33 heavy (non-hydrogen) atoms. The minimum absolute atomic E-state index is 0.605. The van der Waals surface area contributed by atoms with E-state index in [1.54, 1.807) is 21.3 Å². The Bertz CT molecular complexity index is 1020. The molecule has 0 aromatic heterocycles. The molecule has 0 fully saturated rings. The Balaban J connectivity index is 1.65. The van der Waals surface area contributed by atoms with Crippen LogP contribution in [-0.2, 0) is 6.42 Å². The SMILES string of the molecule is C=C1C(CC(=CC)CCCCc2ccccc2)=CCC=C1c1cc(OC)c(OC)c(OC)c1. The minimum atomic E-state index is 0.605. The number of hydrogen-bond acceptors (Lipinski definition) is 3. The van der Waals surface area contributed by atoms with Crippen molar-refractivity contribution in [3.63, 3.8) is 0 Å².